The second-order valence-corrected chi connectivity index (χ2v) is 3.16. The van der Waals surface area contributed by atoms with E-state index in [4.69, 9.17) is 11.6 Å². The first-order chi connectivity index (χ1) is 7.29. The van der Waals surface area contributed by atoms with Crippen LogP contribution in [0.3, 0.4) is 0 Å². The van der Waals surface area contributed by atoms with E-state index in [1.165, 1.54) is 0 Å². The summed E-state index contributed by atoms with van der Waals surface area (Å²) in [7, 11) is 0. The smallest absolute Gasteiger partial charge is 0.287 e. The van der Waals surface area contributed by atoms with E-state index >= 15 is 0 Å². The van der Waals surface area contributed by atoms with Crippen molar-refractivity contribution in [2.75, 3.05) is 0 Å². The minimum absolute atomic E-state index is 0.130. The van der Waals surface area contributed by atoms with Gasteiger partial charge in [-0.15, -0.1) is 13.2 Å². The van der Waals surface area contributed by atoms with Gasteiger partial charge in [0.15, 0.2) is 0 Å². The van der Waals surface area contributed by atoms with E-state index in [0.29, 0.717) is 0 Å². The Morgan fingerprint density at radius 3 is 2.44 bits per heavy atom. The maximum Gasteiger partial charge on any atom is 0.522 e. The van der Waals surface area contributed by atoms with Crippen molar-refractivity contribution in [2.24, 2.45) is 0 Å². The number of hydrogen-bond acceptors (Lipinski definition) is 2. The van der Waals surface area contributed by atoms with Crippen LogP contribution in [-0.4, -0.2) is 11.6 Å². The third kappa shape index (κ3) is 3.79. The Bertz CT molecular complexity index is 403. The number of alkyl halides is 3. The summed E-state index contributed by atoms with van der Waals surface area (Å²) in [6, 6.07) is 2.88. The van der Waals surface area contributed by atoms with Crippen molar-refractivity contribution >= 4 is 16.8 Å². The number of halogens is 5. The van der Waals surface area contributed by atoms with Gasteiger partial charge in [-0.25, -0.2) is 4.39 Å². The van der Waals surface area contributed by atoms with Crippen molar-refractivity contribution in [1.29, 1.82) is 0 Å². The van der Waals surface area contributed by atoms with Crippen LogP contribution in [0.4, 0.5) is 17.6 Å². The average molecular weight is 257 g/mol. The van der Waals surface area contributed by atoms with Crippen molar-refractivity contribution in [3.8, 4) is 0 Å². The Balaban J connectivity index is 2.80. The van der Waals surface area contributed by atoms with E-state index in [2.05, 4.69) is 4.74 Å². The van der Waals surface area contributed by atoms with Gasteiger partial charge in [-0.2, -0.15) is 0 Å². The zero-order valence-electron chi connectivity index (χ0n) is 7.65. The van der Waals surface area contributed by atoms with E-state index in [9.17, 15) is 22.4 Å². The van der Waals surface area contributed by atoms with Gasteiger partial charge in [0, 0.05) is 11.1 Å². The van der Waals surface area contributed by atoms with Crippen LogP contribution in [0.1, 0.15) is 15.9 Å². The minimum Gasteiger partial charge on any atom is -0.287 e. The molecule has 7 heteroatoms. The second-order valence-electron chi connectivity index (χ2n) is 2.81. The van der Waals surface area contributed by atoms with Crippen LogP contribution in [0.2, 0.25) is 0 Å². The molecule has 1 aromatic carbocycles. The van der Waals surface area contributed by atoms with Crippen LogP contribution in [-0.2, 0) is 11.3 Å². The third-order valence-corrected chi connectivity index (χ3v) is 1.89. The lowest BCUT2D eigenvalue weighted by atomic mass is 10.1. The normalized spacial score (nSPS) is 11.6. The Kier molecular flexibility index (Phi) is 3.88. The average Bonchev–Trinajstić information content (AvgIpc) is 2.14. The first-order valence-electron chi connectivity index (χ1n) is 3.98. The van der Waals surface area contributed by atoms with Gasteiger partial charge < -0.3 is 0 Å². The van der Waals surface area contributed by atoms with Crippen molar-refractivity contribution in [3.05, 3.63) is 35.1 Å². The number of rotatable bonds is 3. The van der Waals surface area contributed by atoms with Crippen LogP contribution in [0.5, 0.6) is 0 Å². The molecule has 0 N–H and O–H groups in total. The van der Waals surface area contributed by atoms with E-state index in [1.807, 2.05) is 0 Å². The predicted octanol–water partition coefficient (Wildman–Crippen LogP) is 3.24. The highest BCUT2D eigenvalue weighted by molar-refractivity contribution is 6.67. The summed E-state index contributed by atoms with van der Waals surface area (Å²) < 4.78 is 51.5. The third-order valence-electron chi connectivity index (χ3n) is 1.67. The fraction of sp³-hybridized carbons (Fsp3) is 0.222. The molecule has 0 aromatic heterocycles. The Morgan fingerprint density at radius 2 is 2.00 bits per heavy atom. The van der Waals surface area contributed by atoms with Gasteiger partial charge in [0.2, 0.25) is 0 Å². The molecule has 1 rings (SSSR count). The number of carbonyl (C=O) groups is 1. The SMILES string of the molecule is O=C(Cl)c1ccc(COC(F)(F)F)c(F)c1. The van der Waals surface area contributed by atoms with Crippen LogP contribution < -0.4 is 0 Å². The van der Waals surface area contributed by atoms with E-state index in [-0.39, 0.29) is 11.1 Å². The lowest BCUT2D eigenvalue weighted by Crippen LogP contribution is -2.13. The highest BCUT2D eigenvalue weighted by Crippen LogP contribution is 2.20. The van der Waals surface area contributed by atoms with Gasteiger partial charge in [0.1, 0.15) is 5.82 Å². The molecule has 2 nitrogen and oxygen atoms in total. The first kappa shape index (κ1) is 12.9. The lowest BCUT2D eigenvalue weighted by Gasteiger charge is -2.08. The maximum atomic E-state index is 13.1. The molecule has 0 amide bonds. The molecule has 1 aromatic rings. The van der Waals surface area contributed by atoms with Crippen LogP contribution in [0, 0.1) is 5.82 Å². The molecule has 0 saturated heterocycles. The van der Waals surface area contributed by atoms with Gasteiger partial charge in [0.05, 0.1) is 6.61 Å². The topological polar surface area (TPSA) is 26.3 Å². The van der Waals surface area contributed by atoms with Crippen LogP contribution in [0.25, 0.3) is 0 Å². The number of carbonyl (C=O) groups excluding carboxylic acids is 1. The largest absolute Gasteiger partial charge is 0.522 e. The predicted molar refractivity (Wildman–Crippen MR) is 47.4 cm³/mol. The van der Waals surface area contributed by atoms with Crippen LogP contribution in [0.15, 0.2) is 18.2 Å². The van der Waals surface area contributed by atoms with Crippen molar-refractivity contribution < 1.29 is 27.1 Å². The molecule has 0 saturated carbocycles. The maximum absolute atomic E-state index is 13.1. The highest BCUT2D eigenvalue weighted by Gasteiger charge is 2.29. The standard InChI is InChI=1S/C9H5ClF4O2/c10-8(15)5-1-2-6(7(11)3-5)4-16-9(12,13)14/h1-3H,4H2. The molecule has 0 bridgehead atoms. The molecular formula is C9H5ClF4O2. The first-order valence-corrected chi connectivity index (χ1v) is 4.36. The Hall–Kier alpha value is -1.14. The minimum atomic E-state index is -4.83. The van der Waals surface area contributed by atoms with E-state index in [1.54, 1.807) is 0 Å². The quantitative estimate of drug-likeness (QED) is 0.613. The Morgan fingerprint density at radius 1 is 1.38 bits per heavy atom. The molecule has 0 heterocycles. The van der Waals surface area contributed by atoms with E-state index < -0.39 is 24.0 Å². The molecule has 0 radical (unpaired) electrons. The molecule has 88 valence electrons. The number of ether oxygens (including phenoxy) is 1. The molecule has 0 spiro atoms. The highest BCUT2D eigenvalue weighted by atomic mass is 35.5. The molecule has 0 aliphatic heterocycles. The summed E-state index contributed by atoms with van der Waals surface area (Å²) >= 11 is 5.06. The zero-order valence-corrected chi connectivity index (χ0v) is 8.40. The fourth-order valence-corrected chi connectivity index (χ4v) is 1.06. The summed E-state index contributed by atoms with van der Waals surface area (Å²) in [4.78, 5) is 10.6. The zero-order chi connectivity index (χ0) is 12.3. The van der Waals surface area contributed by atoms with Crippen molar-refractivity contribution in [1.82, 2.24) is 0 Å². The lowest BCUT2D eigenvalue weighted by molar-refractivity contribution is -0.330. The molecular weight excluding hydrogens is 252 g/mol. The Labute approximate surface area is 92.8 Å². The molecule has 0 unspecified atom stereocenters. The molecule has 0 aliphatic carbocycles. The van der Waals surface area contributed by atoms with Gasteiger partial charge >= 0.3 is 6.36 Å². The fourth-order valence-electron chi connectivity index (χ4n) is 0.946. The molecule has 16 heavy (non-hydrogen) atoms. The van der Waals surface area contributed by atoms with Gasteiger partial charge in [-0.3, -0.25) is 9.53 Å². The molecule has 0 atom stereocenters. The summed E-state index contributed by atoms with van der Waals surface area (Å²) in [5.74, 6) is -0.976. The van der Waals surface area contributed by atoms with Crippen molar-refractivity contribution in [2.45, 2.75) is 13.0 Å². The second kappa shape index (κ2) is 4.80. The van der Waals surface area contributed by atoms with Gasteiger partial charge in [0.25, 0.3) is 5.24 Å². The molecule has 0 fully saturated rings. The number of benzene rings is 1. The van der Waals surface area contributed by atoms with Crippen LogP contribution >= 0.6 is 11.6 Å². The van der Waals surface area contributed by atoms with Crippen molar-refractivity contribution in [3.63, 3.8) is 0 Å². The summed E-state index contributed by atoms with van der Waals surface area (Å²) in [6.45, 7) is -0.952. The summed E-state index contributed by atoms with van der Waals surface area (Å²) in [6.07, 6.45) is -4.83. The van der Waals surface area contributed by atoms with Gasteiger partial charge in [-0.05, 0) is 23.7 Å². The summed E-state index contributed by atoms with van der Waals surface area (Å²) in [5.41, 5.74) is -0.436. The monoisotopic (exact) mass is 256 g/mol. The van der Waals surface area contributed by atoms with E-state index in [0.717, 1.165) is 18.2 Å². The van der Waals surface area contributed by atoms with Gasteiger partial charge in [-0.1, -0.05) is 6.07 Å². The molecule has 0 aliphatic rings. The summed E-state index contributed by atoms with van der Waals surface area (Å²) in [5, 5.41) is -0.887. The number of hydrogen-bond donors (Lipinski definition) is 0.